The molecule has 0 amide bonds. The van der Waals surface area contributed by atoms with E-state index in [-0.39, 0.29) is 0 Å². The first-order chi connectivity index (χ1) is 17.1. The molecule has 0 atom stereocenters. The van der Waals surface area contributed by atoms with Crippen molar-refractivity contribution in [2.75, 3.05) is 14.2 Å². The highest BCUT2D eigenvalue weighted by molar-refractivity contribution is 7.20. The third-order valence-electron chi connectivity index (χ3n) is 6.29. The Bertz CT molecular complexity index is 1310. The Morgan fingerprint density at radius 1 is 0.429 bits per heavy atom. The van der Waals surface area contributed by atoms with Gasteiger partial charge in [0.15, 0.2) is 0 Å². The summed E-state index contributed by atoms with van der Waals surface area (Å²) in [5.41, 5.74) is 9.77. The maximum absolute atomic E-state index is 5.45. The van der Waals surface area contributed by atoms with E-state index in [1.807, 2.05) is 35.6 Å². The highest BCUT2D eigenvalue weighted by Crippen LogP contribution is 2.52. The second kappa shape index (κ2) is 9.81. The van der Waals surface area contributed by atoms with E-state index in [2.05, 4.69) is 86.6 Å². The van der Waals surface area contributed by atoms with Crippen molar-refractivity contribution in [3.8, 4) is 54.6 Å². The molecule has 0 unspecified atom stereocenters. The van der Waals surface area contributed by atoms with Crippen LogP contribution in [0.3, 0.4) is 0 Å². The Labute approximate surface area is 211 Å². The topological polar surface area (TPSA) is 18.5 Å². The van der Waals surface area contributed by atoms with Crippen molar-refractivity contribution in [3.05, 3.63) is 108 Å². The second-order valence-electron chi connectivity index (χ2n) is 8.70. The van der Waals surface area contributed by atoms with Gasteiger partial charge >= 0.3 is 0 Å². The first-order valence-corrected chi connectivity index (χ1v) is 12.5. The molecule has 4 aromatic carbocycles. The summed E-state index contributed by atoms with van der Waals surface area (Å²) in [4.78, 5) is 2.52. The summed E-state index contributed by atoms with van der Waals surface area (Å²) in [5.74, 6) is 1.70. The molecule has 0 saturated heterocycles. The standard InChI is InChI=1S/C32H28O2S/c1-21-5-9-25(10-6-21)31-29(23-13-17-27(33-3)18-14-23)30(24-15-19-28(34-4)20-16-24)32(35-31)26-11-7-22(2)8-12-26/h5-20H,1-4H3. The normalized spacial score (nSPS) is 10.9. The van der Waals surface area contributed by atoms with E-state index in [0.29, 0.717) is 0 Å². The first-order valence-electron chi connectivity index (χ1n) is 11.7. The average molecular weight is 477 g/mol. The minimum Gasteiger partial charge on any atom is -0.497 e. The highest BCUT2D eigenvalue weighted by Gasteiger charge is 2.23. The molecule has 3 heteroatoms. The van der Waals surface area contributed by atoms with Gasteiger partial charge in [-0.05, 0) is 60.4 Å². The highest BCUT2D eigenvalue weighted by atomic mass is 32.1. The fourth-order valence-electron chi connectivity index (χ4n) is 4.31. The minimum absolute atomic E-state index is 0.852. The Balaban J connectivity index is 1.84. The molecular weight excluding hydrogens is 448 g/mol. The van der Waals surface area contributed by atoms with Crippen molar-refractivity contribution in [3.63, 3.8) is 0 Å². The molecule has 0 spiro atoms. The number of thiophene rings is 1. The predicted molar refractivity (Wildman–Crippen MR) is 149 cm³/mol. The zero-order valence-electron chi connectivity index (χ0n) is 20.5. The molecule has 2 nitrogen and oxygen atoms in total. The molecule has 174 valence electrons. The summed E-state index contributed by atoms with van der Waals surface area (Å²) in [7, 11) is 3.41. The fourth-order valence-corrected chi connectivity index (χ4v) is 5.67. The number of benzene rings is 4. The van der Waals surface area contributed by atoms with Crippen LogP contribution in [-0.2, 0) is 0 Å². The molecule has 5 rings (SSSR count). The summed E-state index contributed by atoms with van der Waals surface area (Å²) in [6.07, 6.45) is 0. The summed E-state index contributed by atoms with van der Waals surface area (Å²) >= 11 is 1.85. The van der Waals surface area contributed by atoms with E-state index < -0.39 is 0 Å². The van der Waals surface area contributed by atoms with Crippen molar-refractivity contribution < 1.29 is 9.47 Å². The van der Waals surface area contributed by atoms with Crippen LogP contribution >= 0.6 is 11.3 Å². The van der Waals surface area contributed by atoms with Gasteiger partial charge in [0.05, 0.1) is 14.2 Å². The van der Waals surface area contributed by atoms with E-state index in [1.165, 1.54) is 54.3 Å². The molecule has 0 aliphatic rings. The monoisotopic (exact) mass is 476 g/mol. The zero-order chi connectivity index (χ0) is 24.4. The molecule has 0 aliphatic carbocycles. The molecule has 1 aromatic heterocycles. The Morgan fingerprint density at radius 3 is 1.06 bits per heavy atom. The number of rotatable bonds is 6. The van der Waals surface area contributed by atoms with Crippen LogP contribution in [0, 0.1) is 13.8 Å². The number of aryl methyl sites for hydroxylation is 2. The third kappa shape index (κ3) is 4.60. The molecule has 0 radical (unpaired) electrons. The smallest absolute Gasteiger partial charge is 0.118 e. The third-order valence-corrected chi connectivity index (χ3v) is 7.58. The number of ether oxygens (including phenoxy) is 2. The lowest BCUT2D eigenvalue weighted by Crippen LogP contribution is -1.88. The minimum atomic E-state index is 0.852. The summed E-state index contributed by atoms with van der Waals surface area (Å²) in [6.45, 7) is 4.26. The average Bonchev–Trinajstić information content (AvgIpc) is 3.30. The van der Waals surface area contributed by atoms with E-state index >= 15 is 0 Å². The number of methoxy groups -OCH3 is 2. The second-order valence-corrected chi connectivity index (χ2v) is 9.72. The molecule has 0 bridgehead atoms. The van der Waals surface area contributed by atoms with Crippen molar-refractivity contribution in [2.45, 2.75) is 13.8 Å². The van der Waals surface area contributed by atoms with Gasteiger partial charge in [0, 0.05) is 20.9 Å². The summed E-state index contributed by atoms with van der Waals surface area (Å²) in [6, 6.07) is 34.4. The van der Waals surface area contributed by atoms with Crippen LogP contribution in [-0.4, -0.2) is 14.2 Å². The van der Waals surface area contributed by atoms with Crippen molar-refractivity contribution in [1.82, 2.24) is 0 Å². The molecular formula is C32H28O2S. The van der Waals surface area contributed by atoms with E-state index in [0.717, 1.165) is 11.5 Å². The van der Waals surface area contributed by atoms with Gasteiger partial charge in [0.25, 0.3) is 0 Å². The van der Waals surface area contributed by atoms with Gasteiger partial charge in [-0.15, -0.1) is 11.3 Å². The van der Waals surface area contributed by atoms with Crippen molar-refractivity contribution in [2.24, 2.45) is 0 Å². The van der Waals surface area contributed by atoms with Crippen LogP contribution in [0.1, 0.15) is 11.1 Å². The van der Waals surface area contributed by atoms with Crippen molar-refractivity contribution in [1.29, 1.82) is 0 Å². The van der Waals surface area contributed by atoms with Gasteiger partial charge in [-0.2, -0.15) is 0 Å². The van der Waals surface area contributed by atoms with Crippen LogP contribution in [0.2, 0.25) is 0 Å². The fraction of sp³-hybridized carbons (Fsp3) is 0.125. The van der Waals surface area contributed by atoms with Gasteiger partial charge in [-0.25, -0.2) is 0 Å². The summed E-state index contributed by atoms with van der Waals surface area (Å²) < 4.78 is 10.9. The van der Waals surface area contributed by atoms with E-state index in [1.54, 1.807) is 14.2 Å². The van der Waals surface area contributed by atoms with Gasteiger partial charge in [-0.3, -0.25) is 0 Å². The SMILES string of the molecule is COc1ccc(-c2c(-c3ccc(C)cc3)sc(-c3ccc(C)cc3)c2-c2ccc(OC)cc2)cc1. The van der Waals surface area contributed by atoms with E-state index in [9.17, 15) is 0 Å². The van der Waals surface area contributed by atoms with Gasteiger partial charge in [0.1, 0.15) is 11.5 Å². The van der Waals surface area contributed by atoms with E-state index in [4.69, 9.17) is 9.47 Å². The van der Waals surface area contributed by atoms with Crippen molar-refractivity contribution >= 4 is 11.3 Å². The van der Waals surface area contributed by atoms with Crippen LogP contribution in [0.15, 0.2) is 97.1 Å². The Morgan fingerprint density at radius 2 is 0.743 bits per heavy atom. The lowest BCUT2D eigenvalue weighted by Gasteiger charge is -2.12. The molecule has 0 saturated carbocycles. The maximum Gasteiger partial charge on any atom is 0.118 e. The quantitative estimate of drug-likeness (QED) is 0.243. The molecule has 0 aliphatic heterocycles. The lowest BCUT2D eigenvalue weighted by atomic mass is 9.91. The van der Waals surface area contributed by atoms with Crippen LogP contribution in [0.25, 0.3) is 43.1 Å². The molecule has 5 aromatic rings. The number of hydrogen-bond donors (Lipinski definition) is 0. The molecule has 1 heterocycles. The summed E-state index contributed by atoms with van der Waals surface area (Å²) in [5, 5.41) is 0. The van der Waals surface area contributed by atoms with Crippen LogP contribution in [0.4, 0.5) is 0 Å². The van der Waals surface area contributed by atoms with Gasteiger partial charge < -0.3 is 9.47 Å². The van der Waals surface area contributed by atoms with Crippen LogP contribution in [0.5, 0.6) is 11.5 Å². The molecule has 35 heavy (non-hydrogen) atoms. The largest absolute Gasteiger partial charge is 0.497 e. The lowest BCUT2D eigenvalue weighted by molar-refractivity contribution is 0.414. The molecule has 0 fully saturated rings. The maximum atomic E-state index is 5.45. The van der Waals surface area contributed by atoms with Gasteiger partial charge in [-0.1, -0.05) is 83.9 Å². The first kappa shape index (κ1) is 22.9. The number of hydrogen-bond acceptors (Lipinski definition) is 3. The van der Waals surface area contributed by atoms with Gasteiger partial charge in [0.2, 0.25) is 0 Å². The predicted octanol–water partition coefficient (Wildman–Crippen LogP) is 9.05. The Kier molecular flexibility index (Phi) is 6.43. The zero-order valence-corrected chi connectivity index (χ0v) is 21.3. The van der Waals surface area contributed by atoms with Crippen LogP contribution < -0.4 is 9.47 Å². The molecule has 0 N–H and O–H groups in total. The Hall–Kier alpha value is -3.82.